The second-order valence-electron chi connectivity index (χ2n) is 5.11. The van der Waals surface area contributed by atoms with E-state index in [4.69, 9.17) is 0 Å². The van der Waals surface area contributed by atoms with Crippen LogP contribution in [0.5, 0.6) is 0 Å². The van der Waals surface area contributed by atoms with Gasteiger partial charge in [0, 0.05) is 23.8 Å². The summed E-state index contributed by atoms with van der Waals surface area (Å²) >= 11 is 0. The third kappa shape index (κ3) is 2.88. The quantitative estimate of drug-likeness (QED) is 0.777. The Morgan fingerprint density at radius 2 is 2.09 bits per heavy atom. The zero-order valence-corrected chi connectivity index (χ0v) is 12.1. The predicted octanol–water partition coefficient (Wildman–Crippen LogP) is 2.16. The van der Waals surface area contributed by atoms with E-state index in [2.05, 4.69) is 15.3 Å². The highest BCUT2D eigenvalue weighted by Gasteiger charge is 2.08. The maximum absolute atomic E-state index is 12.0. The Hall–Kier alpha value is -2.95. The van der Waals surface area contributed by atoms with Crippen LogP contribution in [0.1, 0.15) is 21.6 Å². The molecule has 22 heavy (non-hydrogen) atoms. The summed E-state index contributed by atoms with van der Waals surface area (Å²) in [6, 6.07) is 12.7. The largest absolute Gasteiger partial charge is 0.346 e. The van der Waals surface area contributed by atoms with E-state index in [1.54, 1.807) is 30.5 Å². The van der Waals surface area contributed by atoms with E-state index in [9.17, 15) is 9.59 Å². The molecular formula is C17H15N3O2. The topological polar surface area (TPSA) is 74.8 Å². The molecule has 2 N–H and O–H groups in total. The summed E-state index contributed by atoms with van der Waals surface area (Å²) in [7, 11) is 0. The maximum atomic E-state index is 12.0. The Balaban J connectivity index is 1.83. The normalized spacial score (nSPS) is 10.6. The molecule has 110 valence electrons. The SMILES string of the molecule is Cc1ccc2[nH]c(=O)c(CNC(=O)c3ccccn3)cc2c1. The fourth-order valence-electron chi connectivity index (χ4n) is 2.27. The molecule has 1 amide bonds. The Kier molecular flexibility index (Phi) is 3.70. The molecule has 0 saturated carbocycles. The molecule has 3 aromatic rings. The van der Waals surface area contributed by atoms with Gasteiger partial charge in [-0.2, -0.15) is 0 Å². The van der Waals surface area contributed by atoms with Crippen LogP contribution in [0.3, 0.4) is 0 Å². The van der Waals surface area contributed by atoms with E-state index >= 15 is 0 Å². The van der Waals surface area contributed by atoms with Crippen molar-refractivity contribution in [2.75, 3.05) is 0 Å². The van der Waals surface area contributed by atoms with Crippen LogP contribution in [-0.4, -0.2) is 15.9 Å². The van der Waals surface area contributed by atoms with Crippen molar-refractivity contribution in [1.29, 1.82) is 0 Å². The molecule has 0 atom stereocenters. The number of fused-ring (bicyclic) bond motifs is 1. The number of pyridine rings is 2. The highest BCUT2D eigenvalue weighted by molar-refractivity contribution is 5.92. The molecular weight excluding hydrogens is 278 g/mol. The van der Waals surface area contributed by atoms with Crippen LogP contribution >= 0.6 is 0 Å². The van der Waals surface area contributed by atoms with Gasteiger partial charge in [-0.3, -0.25) is 14.6 Å². The van der Waals surface area contributed by atoms with Gasteiger partial charge in [0.1, 0.15) is 5.69 Å². The van der Waals surface area contributed by atoms with Crippen molar-refractivity contribution in [3.63, 3.8) is 0 Å². The minimum absolute atomic E-state index is 0.161. The van der Waals surface area contributed by atoms with Crippen LogP contribution in [0.2, 0.25) is 0 Å². The number of aromatic amines is 1. The molecule has 2 heterocycles. The average Bonchev–Trinajstić information content (AvgIpc) is 2.54. The molecule has 0 aliphatic rings. The van der Waals surface area contributed by atoms with Gasteiger partial charge < -0.3 is 10.3 Å². The van der Waals surface area contributed by atoms with E-state index in [1.165, 1.54) is 0 Å². The van der Waals surface area contributed by atoms with Crippen molar-refractivity contribution in [3.05, 3.63) is 75.8 Å². The molecule has 3 rings (SSSR count). The second kappa shape index (κ2) is 5.81. The van der Waals surface area contributed by atoms with E-state index in [1.807, 2.05) is 25.1 Å². The summed E-state index contributed by atoms with van der Waals surface area (Å²) in [5.41, 5.74) is 2.55. The van der Waals surface area contributed by atoms with Gasteiger partial charge in [-0.05, 0) is 42.6 Å². The lowest BCUT2D eigenvalue weighted by Gasteiger charge is -2.06. The van der Waals surface area contributed by atoms with Crippen LogP contribution in [0.25, 0.3) is 10.9 Å². The number of H-pyrrole nitrogens is 1. The van der Waals surface area contributed by atoms with Gasteiger partial charge in [-0.1, -0.05) is 17.7 Å². The Morgan fingerprint density at radius 1 is 1.23 bits per heavy atom. The molecule has 2 aromatic heterocycles. The van der Waals surface area contributed by atoms with Gasteiger partial charge in [0.2, 0.25) is 0 Å². The van der Waals surface area contributed by atoms with Crippen molar-refractivity contribution in [3.8, 4) is 0 Å². The number of carbonyl (C=O) groups is 1. The highest BCUT2D eigenvalue weighted by Crippen LogP contribution is 2.13. The van der Waals surface area contributed by atoms with Gasteiger partial charge in [0.15, 0.2) is 0 Å². The molecule has 0 unspecified atom stereocenters. The summed E-state index contributed by atoms with van der Waals surface area (Å²) in [6.07, 6.45) is 1.56. The summed E-state index contributed by atoms with van der Waals surface area (Å²) in [5.74, 6) is -0.302. The van der Waals surface area contributed by atoms with Crippen molar-refractivity contribution in [1.82, 2.24) is 15.3 Å². The van der Waals surface area contributed by atoms with E-state index < -0.39 is 0 Å². The smallest absolute Gasteiger partial charge is 0.270 e. The Morgan fingerprint density at radius 3 is 2.86 bits per heavy atom. The first-order chi connectivity index (χ1) is 10.6. The predicted molar refractivity (Wildman–Crippen MR) is 84.7 cm³/mol. The zero-order valence-electron chi connectivity index (χ0n) is 12.1. The monoisotopic (exact) mass is 293 g/mol. The summed E-state index contributed by atoms with van der Waals surface area (Å²) in [5, 5.41) is 3.66. The lowest BCUT2D eigenvalue weighted by atomic mass is 10.1. The highest BCUT2D eigenvalue weighted by atomic mass is 16.2. The van der Waals surface area contributed by atoms with Gasteiger partial charge in [-0.25, -0.2) is 0 Å². The van der Waals surface area contributed by atoms with Crippen LogP contribution in [0.4, 0.5) is 0 Å². The molecule has 0 fully saturated rings. The molecule has 0 aliphatic carbocycles. The van der Waals surface area contributed by atoms with Crippen molar-refractivity contribution in [2.24, 2.45) is 0 Å². The molecule has 1 aromatic carbocycles. The minimum Gasteiger partial charge on any atom is -0.346 e. The number of aryl methyl sites for hydroxylation is 1. The number of hydrogen-bond acceptors (Lipinski definition) is 3. The summed E-state index contributed by atoms with van der Waals surface area (Å²) in [4.78, 5) is 30.8. The molecule has 5 nitrogen and oxygen atoms in total. The standard InChI is InChI=1S/C17H15N3O2/c1-11-5-6-14-12(8-11)9-13(16(21)20-14)10-19-17(22)15-4-2-3-7-18-15/h2-9H,10H2,1H3,(H,19,22)(H,20,21). The van der Waals surface area contributed by atoms with Crippen molar-refractivity contribution < 1.29 is 4.79 Å². The van der Waals surface area contributed by atoms with Gasteiger partial charge in [0.05, 0.1) is 0 Å². The maximum Gasteiger partial charge on any atom is 0.270 e. The first-order valence-electron chi connectivity index (χ1n) is 6.95. The van der Waals surface area contributed by atoms with Crippen LogP contribution in [-0.2, 0) is 6.54 Å². The third-order valence-electron chi connectivity index (χ3n) is 3.41. The number of carbonyl (C=O) groups excluding carboxylic acids is 1. The minimum atomic E-state index is -0.302. The Bertz CT molecular complexity index is 885. The number of nitrogens with zero attached hydrogens (tertiary/aromatic N) is 1. The molecule has 0 radical (unpaired) electrons. The number of amides is 1. The Labute approximate surface area is 127 Å². The fourth-order valence-corrected chi connectivity index (χ4v) is 2.27. The average molecular weight is 293 g/mol. The number of benzene rings is 1. The second-order valence-corrected chi connectivity index (χ2v) is 5.11. The van der Waals surface area contributed by atoms with Crippen molar-refractivity contribution >= 4 is 16.8 Å². The molecule has 0 bridgehead atoms. The number of nitrogens with one attached hydrogen (secondary N) is 2. The van der Waals surface area contributed by atoms with Gasteiger partial charge in [0.25, 0.3) is 11.5 Å². The summed E-state index contributed by atoms with van der Waals surface area (Å²) < 4.78 is 0. The first kappa shape index (κ1) is 14.0. The van der Waals surface area contributed by atoms with Crippen LogP contribution < -0.4 is 10.9 Å². The molecule has 0 saturated heterocycles. The van der Waals surface area contributed by atoms with Gasteiger partial charge >= 0.3 is 0 Å². The van der Waals surface area contributed by atoms with Gasteiger partial charge in [-0.15, -0.1) is 0 Å². The fraction of sp³-hybridized carbons (Fsp3) is 0.118. The van der Waals surface area contributed by atoms with Crippen LogP contribution in [0, 0.1) is 6.92 Å². The molecule has 0 aliphatic heterocycles. The third-order valence-corrected chi connectivity index (χ3v) is 3.41. The van der Waals surface area contributed by atoms with Crippen LogP contribution in [0.15, 0.2) is 53.5 Å². The summed E-state index contributed by atoms with van der Waals surface area (Å²) in [6.45, 7) is 2.15. The molecule has 0 spiro atoms. The van der Waals surface area contributed by atoms with E-state index in [-0.39, 0.29) is 18.0 Å². The number of rotatable bonds is 3. The zero-order chi connectivity index (χ0) is 15.5. The van der Waals surface area contributed by atoms with E-state index in [0.29, 0.717) is 11.3 Å². The molecule has 5 heteroatoms. The lowest BCUT2D eigenvalue weighted by molar-refractivity contribution is 0.0946. The van der Waals surface area contributed by atoms with Crippen molar-refractivity contribution in [2.45, 2.75) is 13.5 Å². The lowest BCUT2D eigenvalue weighted by Crippen LogP contribution is -2.27. The number of hydrogen-bond donors (Lipinski definition) is 2. The number of aromatic nitrogens is 2. The van der Waals surface area contributed by atoms with E-state index in [0.717, 1.165) is 16.5 Å². The first-order valence-corrected chi connectivity index (χ1v) is 6.95.